The van der Waals surface area contributed by atoms with E-state index in [-0.39, 0.29) is 5.92 Å². The molecule has 0 spiro atoms. The van der Waals surface area contributed by atoms with Gasteiger partial charge in [-0.15, -0.1) is 16.4 Å². The quantitative estimate of drug-likeness (QED) is 0.165. The van der Waals surface area contributed by atoms with Gasteiger partial charge in [-0.1, -0.05) is 80.8 Å². The van der Waals surface area contributed by atoms with Gasteiger partial charge in [0, 0.05) is 41.4 Å². The zero-order valence-electron chi connectivity index (χ0n) is 35.5. The van der Waals surface area contributed by atoms with Crippen molar-refractivity contribution in [2.45, 2.75) is 151 Å². The van der Waals surface area contributed by atoms with Gasteiger partial charge in [0.05, 0.1) is 12.1 Å². The summed E-state index contributed by atoms with van der Waals surface area (Å²) in [6, 6.07) is 2.70. The van der Waals surface area contributed by atoms with Gasteiger partial charge >= 0.3 is 0 Å². The summed E-state index contributed by atoms with van der Waals surface area (Å²) in [5, 5.41) is 20.9. The van der Waals surface area contributed by atoms with Crippen molar-refractivity contribution < 1.29 is 9.26 Å². The molecule has 3 unspecified atom stereocenters. The normalized spacial score (nSPS) is 19.1. The first-order valence-electron chi connectivity index (χ1n) is 21.0. The summed E-state index contributed by atoms with van der Waals surface area (Å²) in [5.74, 6) is 1.76. The van der Waals surface area contributed by atoms with Crippen molar-refractivity contribution in [3.8, 4) is 23.5 Å². The largest absolute Gasteiger partial charge is 0.493 e. The van der Waals surface area contributed by atoms with Crippen LogP contribution in [-0.4, -0.2) is 84.1 Å². The first-order chi connectivity index (χ1) is 26.8. The van der Waals surface area contributed by atoms with Gasteiger partial charge in [-0.3, -0.25) is 0 Å². The molecule has 4 radical (unpaired) electrons. The van der Waals surface area contributed by atoms with E-state index in [0.29, 0.717) is 52.1 Å². The Morgan fingerprint density at radius 3 is 2.35 bits per heavy atom. The minimum Gasteiger partial charge on any atom is -0.493 e. The van der Waals surface area contributed by atoms with Crippen LogP contribution >= 0.6 is 11.3 Å². The number of anilines is 2. The Labute approximate surface area is 337 Å². The smallest absolute Gasteiger partial charge is 0.245 e. The van der Waals surface area contributed by atoms with E-state index in [0.717, 1.165) is 110 Å². The third kappa shape index (κ3) is 10.1. The molecule has 1 aliphatic carbocycles. The highest BCUT2D eigenvalue weighted by Gasteiger charge is 2.36. The van der Waals surface area contributed by atoms with Crippen molar-refractivity contribution in [2.75, 3.05) is 37.3 Å². The molecule has 0 amide bonds. The van der Waals surface area contributed by atoms with Gasteiger partial charge < -0.3 is 24.8 Å². The number of likely N-dealkylation sites (tertiary alicyclic amines) is 1. The highest BCUT2D eigenvalue weighted by molar-refractivity contribution is 7.16. The van der Waals surface area contributed by atoms with E-state index in [1.807, 2.05) is 60.1 Å². The fourth-order valence-corrected chi connectivity index (χ4v) is 8.98. The summed E-state index contributed by atoms with van der Waals surface area (Å²) < 4.78 is 14.1. The number of thiophene rings is 1. The van der Waals surface area contributed by atoms with Gasteiger partial charge in [-0.25, -0.2) is 14.6 Å². The van der Waals surface area contributed by atoms with Crippen LogP contribution in [-0.2, 0) is 19.4 Å². The Hall–Kier alpha value is -3.56. The molecule has 2 aliphatic heterocycles. The van der Waals surface area contributed by atoms with Gasteiger partial charge in [0.2, 0.25) is 5.88 Å². The molecule has 298 valence electrons. The van der Waals surface area contributed by atoms with Crippen LogP contribution < -0.4 is 15.4 Å². The molecule has 7 rings (SSSR count). The van der Waals surface area contributed by atoms with Crippen LogP contribution in [0.15, 0.2) is 4.52 Å². The van der Waals surface area contributed by atoms with Crippen LogP contribution in [0.3, 0.4) is 0 Å². The Balaban J connectivity index is 0.000000955. The van der Waals surface area contributed by atoms with E-state index in [1.54, 1.807) is 0 Å². The molecule has 6 heterocycles. The third-order valence-corrected chi connectivity index (χ3v) is 11.1. The number of nitrogens with two attached hydrogens (primary N) is 1. The number of aryl methyl sites for hydroxylation is 1. The van der Waals surface area contributed by atoms with Crippen molar-refractivity contribution in [2.24, 2.45) is 5.92 Å². The highest BCUT2D eigenvalue weighted by Crippen LogP contribution is 2.47. The van der Waals surface area contributed by atoms with Crippen LogP contribution in [0.4, 0.5) is 10.8 Å². The minimum absolute atomic E-state index is 0.0922. The lowest BCUT2D eigenvalue weighted by atomic mass is 9.81. The number of hydrogen-bond acceptors (Lipinski definition) is 11. The molecule has 4 aromatic heterocycles. The van der Waals surface area contributed by atoms with Crippen LogP contribution in [0.25, 0.3) is 22.6 Å². The fourth-order valence-electron chi connectivity index (χ4n) is 7.80. The maximum Gasteiger partial charge on any atom is 0.245 e. The first-order valence-corrected chi connectivity index (χ1v) is 21.8. The summed E-state index contributed by atoms with van der Waals surface area (Å²) in [5.41, 5.74) is 10.2. The van der Waals surface area contributed by atoms with Gasteiger partial charge in [-0.2, -0.15) is 5.26 Å². The predicted octanol–water partition coefficient (Wildman–Crippen LogP) is 8.85. The van der Waals surface area contributed by atoms with Crippen molar-refractivity contribution >= 4 is 48.9 Å². The number of rotatable bonds is 9. The lowest BCUT2D eigenvalue weighted by molar-refractivity contribution is 0.271. The Bertz CT molecular complexity index is 1820. The second kappa shape index (κ2) is 22.2. The minimum atomic E-state index is -1.04. The van der Waals surface area contributed by atoms with E-state index in [9.17, 15) is 5.26 Å². The monoisotopic (exact) mass is 770 g/mol. The molecule has 0 saturated carbocycles. The van der Waals surface area contributed by atoms with E-state index in [2.05, 4.69) is 41.9 Å². The summed E-state index contributed by atoms with van der Waals surface area (Å²) in [4.78, 5) is 16.2. The van der Waals surface area contributed by atoms with E-state index < -0.39 is 5.90 Å². The molecule has 2 saturated heterocycles. The molecule has 3 aliphatic rings. The lowest BCUT2D eigenvalue weighted by Crippen LogP contribution is -2.35. The number of nitriles is 1. The SMILES string of the molecule is CC.CC.CC.CC.[B]C([B])Oc1nn(CC2CCCN2C)c2nc(-c3noc4c3CCCC4c3c(CCC)sc(N)c3C#N)nc(N3CCCC(C)C3)c12. The number of nitrogen functional groups attached to an aromatic ring is 1. The first kappa shape index (κ1) is 45.8. The molecular weight excluding hydrogens is 704 g/mol. The molecule has 0 bridgehead atoms. The zero-order chi connectivity index (χ0) is 40.8. The third-order valence-electron chi connectivity index (χ3n) is 10.1. The van der Waals surface area contributed by atoms with Gasteiger partial charge in [0.15, 0.2) is 17.2 Å². The van der Waals surface area contributed by atoms with Crippen molar-refractivity contribution in [3.05, 3.63) is 27.3 Å². The maximum atomic E-state index is 10.1. The number of ether oxygens (including phenoxy) is 1. The standard InChI is InChI=1S/C33H41B2N9O2S.4C2H6/c1-4-8-23-24(22(15-36)28(37)47-23)20-11-5-12-21-26(41-46-27(20)21)29-38-30(43-14-6-9-18(2)16-43)25-31(39-29)44(40-32(25)45-33(34)35)17-19-10-7-13-42(19)3;4*1-2/h18-20,33H,4-14,16-17,37H2,1-3H3;4*1-2H3. The number of likely N-dealkylation sites (N-methyl/N-ethyl adjacent to an activating group) is 1. The number of nitrogens with zero attached hydrogens (tertiary/aromatic N) is 8. The fraction of sp³-hybridized carbons (Fsp3) is 0.683. The van der Waals surface area contributed by atoms with Gasteiger partial charge in [0.1, 0.15) is 43.7 Å². The summed E-state index contributed by atoms with van der Waals surface area (Å²) >= 11 is 1.52. The maximum absolute atomic E-state index is 10.1. The molecule has 2 fully saturated rings. The van der Waals surface area contributed by atoms with Crippen LogP contribution in [0, 0.1) is 17.2 Å². The molecular formula is C41H65B2N9O2S. The Kier molecular flexibility index (Phi) is 18.5. The lowest BCUT2D eigenvalue weighted by Gasteiger charge is -2.32. The second-order valence-corrected chi connectivity index (χ2v) is 14.6. The molecule has 55 heavy (non-hydrogen) atoms. The summed E-state index contributed by atoms with van der Waals surface area (Å²) in [6.45, 7) is 23.8. The number of piperidine rings is 1. The van der Waals surface area contributed by atoms with Gasteiger partial charge in [-0.05, 0) is 76.4 Å². The van der Waals surface area contributed by atoms with Crippen molar-refractivity contribution in [1.29, 1.82) is 5.26 Å². The highest BCUT2D eigenvalue weighted by atomic mass is 32.1. The van der Waals surface area contributed by atoms with Crippen molar-refractivity contribution in [1.82, 2.24) is 29.8 Å². The van der Waals surface area contributed by atoms with Crippen LogP contribution in [0.5, 0.6) is 5.88 Å². The molecule has 2 N–H and O–H groups in total. The Morgan fingerprint density at radius 2 is 1.73 bits per heavy atom. The Morgan fingerprint density at radius 1 is 1.02 bits per heavy atom. The van der Waals surface area contributed by atoms with E-state index >= 15 is 0 Å². The predicted molar refractivity (Wildman–Crippen MR) is 231 cm³/mol. The average molecular weight is 770 g/mol. The second-order valence-electron chi connectivity index (χ2n) is 13.5. The molecule has 11 nitrogen and oxygen atoms in total. The summed E-state index contributed by atoms with van der Waals surface area (Å²) in [7, 11) is 14.1. The van der Waals surface area contributed by atoms with Crippen molar-refractivity contribution in [3.63, 3.8) is 0 Å². The van der Waals surface area contributed by atoms with E-state index in [4.69, 9.17) is 45.8 Å². The van der Waals surface area contributed by atoms with E-state index in [1.165, 1.54) is 11.3 Å². The van der Waals surface area contributed by atoms with Crippen LogP contribution in [0.1, 0.15) is 147 Å². The summed E-state index contributed by atoms with van der Waals surface area (Å²) in [6.07, 6.45) is 8.85. The number of aromatic nitrogens is 5. The number of fused-ring (bicyclic) bond motifs is 2. The molecule has 0 aromatic carbocycles. The molecule has 3 atom stereocenters. The molecule has 4 aromatic rings. The number of hydrogen-bond donors (Lipinski definition) is 1. The van der Waals surface area contributed by atoms with Crippen LogP contribution in [0.2, 0.25) is 0 Å². The topological polar surface area (TPSA) is 135 Å². The zero-order valence-corrected chi connectivity index (χ0v) is 36.4. The van der Waals surface area contributed by atoms with Gasteiger partial charge in [0.25, 0.3) is 0 Å². The average Bonchev–Trinajstić information content (AvgIpc) is 3.99. The molecule has 14 heteroatoms.